The minimum Gasteiger partial charge on any atom is -0.437 e. The minimum absolute atomic E-state index is 0.345. The van der Waals surface area contributed by atoms with Gasteiger partial charge in [0.1, 0.15) is 0 Å². The Bertz CT molecular complexity index is 1220. The van der Waals surface area contributed by atoms with Gasteiger partial charge >= 0.3 is 0 Å². The predicted octanol–water partition coefficient (Wildman–Crippen LogP) is 6.87. The topological polar surface area (TPSA) is 64.9 Å². The highest BCUT2D eigenvalue weighted by atomic mass is 35.5. The molecular formula is C24H24ClN5OS. The van der Waals surface area contributed by atoms with Gasteiger partial charge in [-0.25, -0.2) is 4.98 Å². The van der Waals surface area contributed by atoms with Crippen LogP contribution in [0.15, 0.2) is 65.8 Å². The van der Waals surface area contributed by atoms with Crippen molar-refractivity contribution in [3.8, 4) is 22.9 Å². The van der Waals surface area contributed by atoms with Crippen molar-refractivity contribution in [3.63, 3.8) is 0 Å². The van der Waals surface area contributed by atoms with E-state index in [1.807, 2.05) is 50.5 Å². The number of halogens is 1. The fraction of sp³-hybridized carbons (Fsp3) is 0.208. The smallest absolute Gasteiger partial charge is 0.237 e. The molecule has 0 unspecified atom stereocenters. The molecule has 0 bridgehead atoms. The number of benzene rings is 2. The van der Waals surface area contributed by atoms with Crippen molar-refractivity contribution < 1.29 is 4.74 Å². The second kappa shape index (κ2) is 9.63. The Labute approximate surface area is 197 Å². The van der Waals surface area contributed by atoms with E-state index in [1.54, 1.807) is 16.9 Å². The molecular weight excluding hydrogens is 442 g/mol. The summed E-state index contributed by atoms with van der Waals surface area (Å²) in [6.07, 6.45) is 3.69. The average Bonchev–Trinajstić information content (AvgIpc) is 3.20. The zero-order valence-corrected chi connectivity index (χ0v) is 19.9. The van der Waals surface area contributed by atoms with Gasteiger partial charge in [-0.3, -0.25) is 9.40 Å². The van der Waals surface area contributed by atoms with Crippen LogP contribution in [-0.2, 0) is 7.05 Å². The van der Waals surface area contributed by atoms with E-state index < -0.39 is 0 Å². The molecule has 0 atom stereocenters. The number of hydrogen-bond acceptors (Lipinski definition) is 6. The number of aryl methyl sites for hydroxylation is 2. The van der Waals surface area contributed by atoms with Crippen molar-refractivity contribution in [3.05, 3.63) is 77.1 Å². The lowest BCUT2D eigenvalue weighted by molar-refractivity contribution is 0.460. The summed E-state index contributed by atoms with van der Waals surface area (Å²) in [7, 11) is 1.88. The molecule has 2 heterocycles. The van der Waals surface area contributed by atoms with Crippen LogP contribution in [0.25, 0.3) is 11.3 Å². The van der Waals surface area contributed by atoms with Gasteiger partial charge in [-0.05, 0) is 42.0 Å². The summed E-state index contributed by atoms with van der Waals surface area (Å²) in [6.45, 7) is 6.29. The third-order valence-electron chi connectivity index (χ3n) is 4.87. The molecule has 4 aromatic rings. The number of para-hydroxylation sites is 1. The van der Waals surface area contributed by atoms with Gasteiger partial charge in [0.15, 0.2) is 5.75 Å². The monoisotopic (exact) mass is 465 g/mol. The molecule has 8 heteroatoms. The SMILES string of the molecule is Cc1cccc(Cl)c1Oc1cc(-c2ccccc2C(C)C)nc(NSc2cnn(C)c2)n1. The fourth-order valence-corrected chi connectivity index (χ4v) is 4.17. The Hall–Kier alpha value is -3.03. The van der Waals surface area contributed by atoms with Gasteiger partial charge in [0.25, 0.3) is 0 Å². The van der Waals surface area contributed by atoms with Crippen molar-refractivity contribution in [2.75, 3.05) is 4.72 Å². The van der Waals surface area contributed by atoms with E-state index in [1.165, 1.54) is 17.5 Å². The molecule has 0 amide bonds. The zero-order valence-electron chi connectivity index (χ0n) is 18.3. The molecule has 164 valence electrons. The molecule has 0 saturated carbocycles. The lowest BCUT2D eigenvalue weighted by Crippen LogP contribution is -2.01. The van der Waals surface area contributed by atoms with Crippen LogP contribution in [-0.4, -0.2) is 19.7 Å². The van der Waals surface area contributed by atoms with Crippen LogP contribution in [0.3, 0.4) is 0 Å². The van der Waals surface area contributed by atoms with Gasteiger partial charge in [-0.15, -0.1) is 0 Å². The quantitative estimate of drug-likeness (QED) is 0.300. The van der Waals surface area contributed by atoms with Gasteiger partial charge in [0, 0.05) is 24.9 Å². The number of nitrogens with zero attached hydrogens (tertiary/aromatic N) is 4. The normalized spacial score (nSPS) is 11.1. The maximum atomic E-state index is 6.39. The summed E-state index contributed by atoms with van der Waals surface area (Å²) >= 11 is 7.78. The first-order valence-corrected chi connectivity index (χ1v) is 11.4. The third kappa shape index (κ3) is 5.06. The van der Waals surface area contributed by atoms with Crippen LogP contribution >= 0.6 is 23.5 Å². The van der Waals surface area contributed by atoms with Gasteiger partial charge < -0.3 is 4.74 Å². The van der Waals surface area contributed by atoms with E-state index in [-0.39, 0.29) is 0 Å². The van der Waals surface area contributed by atoms with Crippen LogP contribution in [0, 0.1) is 6.92 Å². The molecule has 0 radical (unpaired) electrons. The van der Waals surface area contributed by atoms with E-state index >= 15 is 0 Å². The zero-order chi connectivity index (χ0) is 22.7. The Morgan fingerprint density at radius 1 is 1.09 bits per heavy atom. The molecule has 2 aromatic heterocycles. The van der Waals surface area contributed by atoms with Crippen molar-refractivity contribution in [2.24, 2.45) is 7.05 Å². The third-order valence-corrected chi connectivity index (χ3v) is 5.90. The summed E-state index contributed by atoms with van der Waals surface area (Å²) in [5, 5.41) is 4.73. The molecule has 4 rings (SSSR count). The van der Waals surface area contributed by atoms with Crippen LogP contribution < -0.4 is 9.46 Å². The summed E-state index contributed by atoms with van der Waals surface area (Å²) < 4.78 is 11.1. The van der Waals surface area contributed by atoms with Crippen LogP contribution in [0.5, 0.6) is 11.6 Å². The lowest BCUT2D eigenvalue weighted by Gasteiger charge is -2.15. The molecule has 2 aromatic carbocycles. The average molecular weight is 466 g/mol. The van der Waals surface area contributed by atoms with Crippen LogP contribution in [0.4, 0.5) is 5.95 Å². The highest BCUT2D eigenvalue weighted by molar-refractivity contribution is 8.00. The van der Waals surface area contributed by atoms with Gasteiger partial charge in [-0.1, -0.05) is 61.8 Å². The highest BCUT2D eigenvalue weighted by Crippen LogP contribution is 2.35. The standard InChI is InChI=1S/C24H24ClN5OS/c1-15(2)18-9-5-6-10-19(18)21-12-22(31-23-16(3)8-7-11-20(23)25)28-24(27-21)29-32-17-13-26-30(4)14-17/h5-15H,1-4H3,(H,27,28,29). The molecule has 0 aliphatic rings. The van der Waals surface area contributed by atoms with Crippen LogP contribution in [0.2, 0.25) is 5.02 Å². The number of anilines is 1. The first kappa shape index (κ1) is 22.2. The summed E-state index contributed by atoms with van der Waals surface area (Å²) in [6, 6.07) is 15.8. The van der Waals surface area contributed by atoms with Crippen LogP contribution in [0.1, 0.15) is 30.9 Å². The second-order valence-corrected chi connectivity index (χ2v) is 8.99. The van der Waals surface area contributed by atoms with Crippen molar-refractivity contribution in [1.29, 1.82) is 0 Å². The number of ether oxygens (including phenoxy) is 1. The fourth-order valence-electron chi connectivity index (χ4n) is 3.30. The van der Waals surface area contributed by atoms with Crippen molar-refractivity contribution >= 4 is 29.5 Å². The maximum Gasteiger partial charge on any atom is 0.237 e. The lowest BCUT2D eigenvalue weighted by atomic mass is 9.95. The molecule has 32 heavy (non-hydrogen) atoms. The maximum absolute atomic E-state index is 6.39. The molecule has 0 aliphatic heterocycles. The molecule has 0 saturated heterocycles. The number of hydrogen-bond donors (Lipinski definition) is 1. The highest BCUT2D eigenvalue weighted by Gasteiger charge is 2.15. The van der Waals surface area contributed by atoms with Gasteiger partial charge in [0.2, 0.25) is 11.8 Å². The molecule has 0 fully saturated rings. The Morgan fingerprint density at radius 3 is 2.62 bits per heavy atom. The van der Waals surface area contributed by atoms with E-state index in [0.29, 0.717) is 28.5 Å². The van der Waals surface area contributed by atoms with E-state index in [4.69, 9.17) is 21.3 Å². The van der Waals surface area contributed by atoms with Gasteiger partial charge in [-0.2, -0.15) is 10.1 Å². The van der Waals surface area contributed by atoms with E-state index in [0.717, 1.165) is 21.7 Å². The predicted molar refractivity (Wildman–Crippen MR) is 131 cm³/mol. The molecule has 6 nitrogen and oxygen atoms in total. The molecule has 0 aliphatic carbocycles. The molecule has 1 N–H and O–H groups in total. The largest absolute Gasteiger partial charge is 0.437 e. The number of nitrogens with one attached hydrogen (secondary N) is 1. The first-order valence-electron chi connectivity index (χ1n) is 10.2. The Kier molecular flexibility index (Phi) is 6.67. The van der Waals surface area contributed by atoms with Crippen molar-refractivity contribution in [2.45, 2.75) is 31.6 Å². The first-order chi connectivity index (χ1) is 15.4. The number of aromatic nitrogens is 4. The summed E-state index contributed by atoms with van der Waals surface area (Å²) in [5.74, 6) is 1.79. The summed E-state index contributed by atoms with van der Waals surface area (Å²) in [5.41, 5.74) is 3.95. The Morgan fingerprint density at radius 2 is 1.91 bits per heavy atom. The Balaban J connectivity index is 1.74. The van der Waals surface area contributed by atoms with E-state index in [9.17, 15) is 0 Å². The summed E-state index contributed by atoms with van der Waals surface area (Å²) in [4.78, 5) is 10.3. The van der Waals surface area contributed by atoms with E-state index in [2.05, 4.69) is 40.8 Å². The molecule has 0 spiro atoms. The minimum atomic E-state index is 0.345. The van der Waals surface area contributed by atoms with Crippen molar-refractivity contribution in [1.82, 2.24) is 19.7 Å². The second-order valence-electron chi connectivity index (χ2n) is 7.70. The number of rotatable bonds is 7. The van der Waals surface area contributed by atoms with Gasteiger partial charge in [0.05, 0.1) is 21.8 Å².